The third-order valence-electron chi connectivity index (χ3n) is 5.09. The van der Waals surface area contributed by atoms with Crippen LogP contribution in [0.25, 0.3) is 0 Å². The Morgan fingerprint density at radius 2 is 1.78 bits per heavy atom. The lowest BCUT2D eigenvalue weighted by Gasteiger charge is -2.24. The maximum atomic E-state index is 12.2. The van der Waals surface area contributed by atoms with Gasteiger partial charge in [0, 0.05) is 32.7 Å². The van der Waals surface area contributed by atoms with Crippen LogP contribution in [0, 0.1) is 34.5 Å². The molecule has 7 nitrogen and oxygen atoms in total. The Labute approximate surface area is 159 Å². The lowest BCUT2D eigenvalue weighted by molar-refractivity contribution is 0.0477. The molecule has 2 atom stereocenters. The first-order valence-corrected chi connectivity index (χ1v) is 9.14. The quantitative estimate of drug-likeness (QED) is 0.792. The van der Waals surface area contributed by atoms with Crippen molar-refractivity contribution in [2.24, 2.45) is 11.8 Å². The van der Waals surface area contributed by atoms with Gasteiger partial charge in [-0.15, -0.1) is 0 Å². The molecule has 142 valence electrons. The molecule has 0 spiro atoms. The second-order valence-electron chi connectivity index (χ2n) is 7.66. The fourth-order valence-corrected chi connectivity index (χ4v) is 3.65. The number of benzene rings is 1. The van der Waals surface area contributed by atoms with Crippen molar-refractivity contribution < 1.29 is 14.3 Å². The van der Waals surface area contributed by atoms with Crippen LogP contribution >= 0.6 is 0 Å². The van der Waals surface area contributed by atoms with E-state index in [1.807, 2.05) is 18.2 Å². The zero-order valence-electron chi connectivity index (χ0n) is 15.7. The van der Waals surface area contributed by atoms with Gasteiger partial charge in [-0.05, 0) is 49.9 Å². The Bertz CT molecular complexity index is 749. The van der Waals surface area contributed by atoms with Gasteiger partial charge in [-0.3, -0.25) is 4.90 Å². The molecule has 0 aliphatic carbocycles. The first-order chi connectivity index (χ1) is 12.9. The van der Waals surface area contributed by atoms with Crippen LogP contribution in [-0.4, -0.2) is 60.8 Å². The molecule has 7 heteroatoms. The first-order valence-electron chi connectivity index (χ1n) is 9.14. The highest BCUT2D eigenvalue weighted by atomic mass is 16.6. The zero-order chi connectivity index (χ0) is 19.4. The van der Waals surface area contributed by atoms with E-state index in [2.05, 4.69) is 11.0 Å². The van der Waals surface area contributed by atoms with Crippen LogP contribution in [0.1, 0.15) is 19.4 Å². The summed E-state index contributed by atoms with van der Waals surface area (Å²) >= 11 is 0. The Balaban J connectivity index is 1.40. The Hall–Kier alpha value is -2.77. The van der Waals surface area contributed by atoms with E-state index in [0.29, 0.717) is 37.1 Å². The monoisotopic (exact) mass is 368 g/mol. The number of carbonyl (C=O) groups excluding carboxylic acids is 1. The summed E-state index contributed by atoms with van der Waals surface area (Å²) in [5, 5.41) is 17.8. The predicted octanol–water partition coefficient (Wildman–Crippen LogP) is 2.24. The topological polar surface area (TPSA) is 89.6 Å². The molecule has 3 rings (SSSR count). The molecule has 0 radical (unpaired) electrons. The van der Waals surface area contributed by atoms with Gasteiger partial charge in [0.15, 0.2) is 5.60 Å². The van der Waals surface area contributed by atoms with Crippen molar-refractivity contribution >= 4 is 6.09 Å². The largest absolute Gasteiger partial charge is 0.492 e. The minimum Gasteiger partial charge on any atom is -0.492 e. The van der Waals surface area contributed by atoms with Crippen LogP contribution in [0.2, 0.25) is 0 Å². The van der Waals surface area contributed by atoms with Crippen molar-refractivity contribution in [1.82, 2.24) is 9.80 Å². The molecule has 2 fully saturated rings. The molecule has 1 amide bonds. The molecule has 0 bridgehead atoms. The van der Waals surface area contributed by atoms with Crippen molar-refractivity contribution in [3.8, 4) is 17.9 Å². The molecule has 1 aromatic rings. The van der Waals surface area contributed by atoms with Crippen molar-refractivity contribution in [3.63, 3.8) is 0 Å². The SMILES string of the molecule is CC(C)(C#N)OC(=O)N1CC2CN(CCOc3ccc(C#N)cc3)CC2C1. The highest BCUT2D eigenvalue weighted by molar-refractivity contribution is 5.69. The minimum atomic E-state index is -1.09. The van der Waals surface area contributed by atoms with Gasteiger partial charge in [0.05, 0.1) is 11.6 Å². The normalized spacial score (nSPS) is 22.0. The van der Waals surface area contributed by atoms with E-state index < -0.39 is 11.7 Å². The molecular formula is C20H24N4O3. The van der Waals surface area contributed by atoms with Crippen LogP contribution in [-0.2, 0) is 4.74 Å². The Kier molecular flexibility index (Phi) is 5.53. The molecule has 2 heterocycles. The van der Waals surface area contributed by atoms with E-state index in [-0.39, 0.29) is 0 Å². The van der Waals surface area contributed by atoms with Gasteiger partial charge in [-0.25, -0.2) is 4.79 Å². The van der Waals surface area contributed by atoms with Gasteiger partial charge < -0.3 is 14.4 Å². The molecule has 2 aliphatic rings. The molecular weight excluding hydrogens is 344 g/mol. The maximum absolute atomic E-state index is 12.2. The fraction of sp³-hybridized carbons (Fsp3) is 0.550. The minimum absolute atomic E-state index is 0.397. The van der Waals surface area contributed by atoms with Crippen LogP contribution in [0.3, 0.4) is 0 Å². The first kappa shape index (κ1) is 19.0. The number of ether oxygens (including phenoxy) is 2. The lowest BCUT2D eigenvalue weighted by Crippen LogP contribution is -2.38. The molecule has 0 saturated carbocycles. The average molecular weight is 368 g/mol. The summed E-state index contributed by atoms with van der Waals surface area (Å²) in [6.07, 6.45) is -0.397. The van der Waals surface area contributed by atoms with Crippen molar-refractivity contribution in [3.05, 3.63) is 29.8 Å². The van der Waals surface area contributed by atoms with E-state index >= 15 is 0 Å². The van der Waals surface area contributed by atoms with E-state index in [0.717, 1.165) is 25.4 Å². The number of nitriles is 2. The van der Waals surface area contributed by atoms with Crippen LogP contribution < -0.4 is 4.74 Å². The van der Waals surface area contributed by atoms with Crippen LogP contribution in [0.4, 0.5) is 4.79 Å². The standard InChI is InChI=1S/C20H24N4O3/c1-20(2,14-22)27-19(25)24-12-16-10-23(11-17(16)13-24)7-8-26-18-5-3-15(9-21)4-6-18/h3-6,16-17H,7-8,10-13H2,1-2H3. The highest BCUT2D eigenvalue weighted by Crippen LogP contribution is 2.31. The number of hydrogen-bond acceptors (Lipinski definition) is 6. The van der Waals surface area contributed by atoms with Gasteiger partial charge in [0.1, 0.15) is 18.4 Å². The summed E-state index contributed by atoms with van der Waals surface area (Å²) in [4.78, 5) is 16.3. The zero-order valence-corrected chi connectivity index (χ0v) is 15.7. The van der Waals surface area contributed by atoms with E-state index in [1.165, 1.54) is 0 Å². The number of rotatable bonds is 5. The van der Waals surface area contributed by atoms with Gasteiger partial charge in [-0.2, -0.15) is 10.5 Å². The fourth-order valence-electron chi connectivity index (χ4n) is 3.65. The number of nitrogens with zero attached hydrogens (tertiary/aromatic N) is 4. The second-order valence-corrected chi connectivity index (χ2v) is 7.66. The Morgan fingerprint density at radius 3 is 2.33 bits per heavy atom. The Morgan fingerprint density at radius 1 is 1.15 bits per heavy atom. The summed E-state index contributed by atoms with van der Waals surface area (Å²) in [6, 6.07) is 11.2. The van der Waals surface area contributed by atoms with Crippen LogP contribution in [0.5, 0.6) is 5.75 Å². The van der Waals surface area contributed by atoms with Crippen molar-refractivity contribution in [2.45, 2.75) is 19.4 Å². The molecule has 0 N–H and O–H groups in total. The summed E-state index contributed by atoms with van der Waals surface area (Å²) in [6.45, 7) is 7.84. The number of carbonyl (C=O) groups is 1. The summed E-state index contributed by atoms with van der Waals surface area (Å²) in [7, 11) is 0. The maximum Gasteiger partial charge on any atom is 0.411 e. The molecule has 2 unspecified atom stereocenters. The average Bonchev–Trinajstić information content (AvgIpc) is 3.21. The van der Waals surface area contributed by atoms with Crippen LogP contribution in [0.15, 0.2) is 24.3 Å². The highest BCUT2D eigenvalue weighted by Gasteiger charge is 2.42. The summed E-state index contributed by atoms with van der Waals surface area (Å²) in [5.74, 6) is 1.65. The van der Waals surface area contributed by atoms with Crippen molar-refractivity contribution in [2.75, 3.05) is 39.3 Å². The van der Waals surface area contributed by atoms with E-state index in [1.54, 1.807) is 30.9 Å². The molecule has 2 aliphatic heterocycles. The molecule has 27 heavy (non-hydrogen) atoms. The van der Waals surface area contributed by atoms with Gasteiger partial charge in [-0.1, -0.05) is 0 Å². The number of amides is 1. The van der Waals surface area contributed by atoms with E-state index in [4.69, 9.17) is 20.0 Å². The van der Waals surface area contributed by atoms with Gasteiger partial charge >= 0.3 is 6.09 Å². The third-order valence-corrected chi connectivity index (χ3v) is 5.09. The molecule has 1 aromatic carbocycles. The van der Waals surface area contributed by atoms with E-state index in [9.17, 15) is 4.79 Å². The lowest BCUT2D eigenvalue weighted by atomic mass is 10.0. The summed E-state index contributed by atoms with van der Waals surface area (Å²) in [5.41, 5.74) is -0.472. The summed E-state index contributed by atoms with van der Waals surface area (Å²) < 4.78 is 11.0. The second kappa shape index (κ2) is 7.85. The smallest absolute Gasteiger partial charge is 0.411 e. The number of fused-ring (bicyclic) bond motifs is 1. The van der Waals surface area contributed by atoms with Gasteiger partial charge in [0.2, 0.25) is 0 Å². The molecule has 0 aromatic heterocycles. The predicted molar refractivity (Wildman–Crippen MR) is 97.8 cm³/mol. The number of hydrogen-bond donors (Lipinski definition) is 0. The number of likely N-dealkylation sites (tertiary alicyclic amines) is 2. The third kappa shape index (κ3) is 4.69. The van der Waals surface area contributed by atoms with Crippen molar-refractivity contribution in [1.29, 1.82) is 10.5 Å². The molecule has 2 saturated heterocycles. The van der Waals surface area contributed by atoms with Gasteiger partial charge in [0.25, 0.3) is 0 Å².